The number of ether oxygens (including phenoxy) is 1. The van der Waals surface area contributed by atoms with Gasteiger partial charge in [0.05, 0.1) is 0 Å². The summed E-state index contributed by atoms with van der Waals surface area (Å²) >= 11 is 0. The van der Waals surface area contributed by atoms with Crippen molar-refractivity contribution >= 4 is 5.97 Å². The summed E-state index contributed by atoms with van der Waals surface area (Å²) < 4.78 is 5.10. The molecule has 0 fully saturated rings. The van der Waals surface area contributed by atoms with E-state index in [1.54, 1.807) is 6.07 Å². The van der Waals surface area contributed by atoms with E-state index in [-0.39, 0.29) is 0 Å². The Bertz CT molecular complexity index is 385. The zero-order valence-electron chi connectivity index (χ0n) is 11.9. The molecule has 19 heavy (non-hydrogen) atoms. The second kappa shape index (κ2) is 8.70. The summed E-state index contributed by atoms with van der Waals surface area (Å²) in [4.78, 5) is 11.1. The van der Waals surface area contributed by atoms with Gasteiger partial charge in [0.1, 0.15) is 12.4 Å². The smallest absolute Gasteiger partial charge is 0.337 e. The van der Waals surface area contributed by atoms with Gasteiger partial charge < -0.3 is 9.84 Å². The first kappa shape index (κ1) is 15.7. The highest BCUT2D eigenvalue weighted by atomic mass is 16.5. The average molecular weight is 264 g/mol. The Morgan fingerprint density at radius 1 is 1.21 bits per heavy atom. The van der Waals surface area contributed by atoms with E-state index in [9.17, 15) is 4.79 Å². The van der Waals surface area contributed by atoms with Gasteiger partial charge in [-0.1, -0.05) is 51.3 Å². The Hall–Kier alpha value is -1.35. The highest BCUT2D eigenvalue weighted by Gasteiger charge is 2.07. The molecule has 106 valence electrons. The summed E-state index contributed by atoms with van der Waals surface area (Å²) in [5.41, 5.74) is 1.04. The molecule has 1 rings (SSSR count). The van der Waals surface area contributed by atoms with E-state index in [2.05, 4.69) is 13.8 Å². The third-order valence-corrected chi connectivity index (χ3v) is 3.05. The molecular weight excluding hydrogens is 240 g/mol. The fourth-order valence-corrected chi connectivity index (χ4v) is 2.01. The molecule has 0 amide bonds. The Kier molecular flexibility index (Phi) is 7.19. The molecule has 0 aliphatic heterocycles. The Labute approximate surface area is 115 Å². The quantitative estimate of drug-likeness (QED) is 0.445. The average Bonchev–Trinajstić information content (AvgIpc) is 2.39. The molecular formula is C16H24O3. The van der Waals surface area contributed by atoms with Crippen molar-refractivity contribution in [2.24, 2.45) is 5.92 Å². The maximum absolute atomic E-state index is 11.1. The Balaban J connectivity index is 2.42. The molecule has 1 aromatic carbocycles. The summed E-state index contributed by atoms with van der Waals surface area (Å²) in [5.74, 6) is 0.732. The summed E-state index contributed by atoms with van der Waals surface area (Å²) in [5, 5.41) is 8.71. The van der Waals surface area contributed by atoms with Gasteiger partial charge in [-0.25, -0.2) is 4.79 Å². The van der Waals surface area contributed by atoms with E-state index in [0.29, 0.717) is 5.75 Å². The molecule has 3 nitrogen and oxygen atoms in total. The Morgan fingerprint density at radius 3 is 2.63 bits per heavy atom. The number of aryl methyl sites for hydroxylation is 1. The van der Waals surface area contributed by atoms with Crippen molar-refractivity contribution in [3.63, 3.8) is 0 Å². The second-order valence-corrected chi connectivity index (χ2v) is 5.23. The lowest BCUT2D eigenvalue weighted by Gasteiger charge is -2.09. The molecule has 0 heterocycles. The SMILES string of the molecule is CC(C)CCCCCc1ccccc1OC(=O)CO. The largest absolute Gasteiger partial charge is 0.425 e. The number of para-hydroxylation sites is 1. The van der Waals surface area contributed by atoms with Crippen LogP contribution in [0, 0.1) is 5.92 Å². The van der Waals surface area contributed by atoms with Crippen molar-refractivity contribution in [2.45, 2.75) is 46.0 Å². The van der Waals surface area contributed by atoms with Gasteiger partial charge in [0, 0.05) is 0 Å². The highest BCUT2D eigenvalue weighted by molar-refractivity contribution is 5.73. The molecule has 0 bridgehead atoms. The van der Waals surface area contributed by atoms with Gasteiger partial charge in [0.2, 0.25) is 0 Å². The van der Waals surface area contributed by atoms with Crippen LogP contribution in [0.1, 0.15) is 45.1 Å². The first-order valence-corrected chi connectivity index (χ1v) is 7.03. The van der Waals surface area contributed by atoms with E-state index >= 15 is 0 Å². The van der Waals surface area contributed by atoms with Crippen LogP contribution in [0.3, 0.4) is 0 Å². The van der Waals surface area contributed by atoms with Crippen molar-refractivity contribution in [3.8, 4) is 5.75 Å². The molecule has 1 aromatic rings. The lowest BCUT2D eigenvalue weighted by molar-refractivity contribution is -0.137. The molecule has 0 aromatic heterocycles. The monoisotopic (exact) mass is 264 g/mol. The summed E-state index contributed by atoms with van der Waals surface area (Å²) in [6.45, 7) is 3.90. The highest BCUT2D eigenvalue weighted by Crippen LogP contribution is 2.21. The molecule has 0 spiro atoms. The maximum Gasteiger partial charge on any atom is 0.337 e. The Morgan fingerprint density at radius 2 is 1.95 bits per heavy atom. The van der Waals surface area contributed by atoms with Gasteiger partial charge in [-0.05, 0) is 30.4 Å². The van der Waals surface area contributed by atoms with E-state index in [1.807, 2.05) is 18.2 Å². The summed E-state index contributed by atoms with van der Waals surface area (Å²) in [7, 11) is 0. The van der Waals surface area contributed by atoms with Gasteiger partial charge in [-0.3, -0.25) is 0 Å². The zero-order chi connectivity index (χ0) is 14.1. The van der Waals surface area contributed by atoms with E-state index in [0.717, 1.165) is 24.3 Å². The molecule has 0 unspecified atom stereocenters. The molecule has 1 N–H and O–H groups in total. The van der Waals surface area contributed by atoms with Crippen LogP contribution in [0.4, 0.5) is 0 Å². The van der Waals surface area contributed by atoms with Crippen molar-refractivity contribution in [3.05, 3.63) is 29.8 Å². The van der Waals surface area contributed by atoms with Gasteiger partial charge in [-0.2, -0.15) is 0 Å². The number of aliphatic hydroxyl groups excluding tert-OH is 1. The number of carbonyl (C=O) groups is 1. The first-order valence-electron chi connectivity index (χ1n) is 7.03. The third-order valence-electron chi connectivity index (χ3n) is 3.05. The number of hydrogen-bond donors (Lipinski definition) is 1. The minimum Gasteiger partial charge on any atom is -0.425 e. The van der Waals surface area contributed by atoms with Crippen molar-refractivity contribution in [2.75, 3.05) is 6.61 Å². The standard InChI is InChI=1S/C16H24O3/c1-13(2)8-4-3-5-9-14-10-6-7-11-15(14)19-16(18)12-17/h6-7,10-11,13,17H,3-5,8-9,12H2,1-2H3. The second-order valence-electron chi connectivity index (χ2n) is 5.23. The molecule has 0 radical (unpaired) electrons. The predicted molar refractivity (Wildman–Crippen MR) is 76.2 cm³/mol. The maximum atomic E-state index is 11.1. The van der Waals surface area contributed by atoms with Crippen LogP contribution in [0.15, 0.2) is 24.3 Å². The van der Waals surface area contributed by atoms with Crippen LogP contribution in [0.2, 0.25) is 0 Å². The number of benzene rings is 1. The minimum atomic E-state index is -0.604. The van der Waals surface area contributed by atoms with Crippen LogP contribution in [-0.2, 0) is 11.2 Å². The molecule has 0 aliphatic carbocycles. The fourth-order valence-electron chi connectivity index (χ4n) is 2.01. The van der Waals surface area contributed by atoms with Gasteiger partial charge >= 0.3 is 5.97 Å². The first-order chi connectivity index (χ1) is 9.13. The normalized spacial score (nSPS) is 10.7. The zero-order valence-corrected chi connectivity index (χ0v) is 11.9. The van der Waals surface area contributed by atoms with Crippen LogP contribution >= 0.6 is 0 Å². The fraction of sp³-hybridized carbons (Fsp3) is 0.562. The molecule has 0 saturated carbocycles. The van der Waals surface area contributed by atoms with Gasteiger partial charge in [-0.15, -0.1) is 0 Å². The van der Waals surface area contributed by atoms with Crippen LogP contribution in [0.5, 0.6) is 5.75 Å². The number of aliphatic hydroxyl groups is 1. The van der Waals surface area contributed by atoms with Crippen molar-refractivity contribution in [1.82, 2.24) is 0 Å². The lowest BCUT2D eigenvalue weighted by Crippen LogP contribution is -2.13. The summed E-state index contributed by atoms with van der Waals surface area (Å²) in [6, 6.07) is 7.53. The van der Waals surface area contributed by atoms with E-state index in [1.165, 1.54) is 19.3 Å². The predicted octanol–water partition coefficient (Wildman–Crippen LogP) is 3.34. The minimum absolute atomic E-state index is 0.574. The van der Waals surface area contributed by atoms with Crippen LogP contribution in [-0.4, -0.2) is 17.7 Å². The molecule has 0 aliphatic rings. The lowest BCUT2D eigenvalue weighted by atomic mass is 10.0. The third kappa shape index (κ3) is 6.39. The topological polar surface area (TPSA) is 46.5 Å². The molecule has 0 atom stereocenters. The van der Waals surface area contributed by atoms with Gasteiger partial charge in [0.25, 0.3) is 0 Å². The molecule has 0 saturated heterocycles. The number of unbranched alkanes of at least 4 members (excludes halogenated alkanes) is 2. The van der Waals surface area contributed by atoms with Crippen LogP contribution < -0.4 is 4.74 Å². The van der Waals surface area contributed by atoms with Crippen molar-refractivity contribution in [1.29, 1.82) is 0 Å². The number of hydrogen-bond acceptors (Lipinski definition) is 3. The van der Waals surface area contributed by atoms with E-state index < -0.39 is 12.6 Å². The van der Waals surface area contributed by atoms with E-state index in [4.69, 9.17) is 9.84 Å². The summed E-state index contributed by atoms with van der Waals surface area (Å²) in [6.07, 6.45) is 5.71. The van der Waals surface area contributed by atoms with Crippen LogP contribution in [0.25, 0.3) is 0 Å². The number of carbonyl (C=O) groups excluding carboxylic acids is 1. The number of esters is 1. The van der Waals surface area contributed by atoms with Gasteiger partial charge in [0.15, 0.2) is 0 Å². The molecule has 3 heteroatoms. The van der Waals surface area contributed by atoms with Crippen molar-refractivity contribution < 1.29 is 14.6 Å². The number of rotatable bonds is 8.